The van der Waals surface area contributed by atoms with Crippen LogP contribution in [-0.4, -0.2) is 35.5 Å². The molecule has 5 heteroatoms. The Balaban J connectivity index is 1.45. The molecule has 0 unspecified atom stereocenters. The maximum atomic E-state index is 12.2. The number of aryl methyl sites for hydroxylation is 1. The number of aromatic nitrogens is 2. The molecule has 0 aliphatic carbocycles. The van der Waals surface area contributed by atoms with E-state index in [4.69, 9.17) is 0 Å². The number of nitrogens with one attached hydrogen (secondary N) is 1. The standard InChI is InChI=1S/C20H26N4O/c25-19(21-12-8-11-17-9-4-3-5-10-17)18-15-22-20(23-16-18)24-13-6-1-2-7-14-24/h3-5,9-10,15-16H,1-2,6-8,11-14H2,(H,21,25). The summed E-state index contributed by atoms with van der Waals surface area (Å²) in [4.78, 5) is 23.2. The summed E-state index contributed by atoms with van der Waals surface area (Å²) in [5, 5.41) is 2.95. The molecule has 2 heterocycles. The maximum absolute atomic E-state index is 12.2. The van der Waals surface area contributed by atoms with Gasteiger partial charge in [0.2, 0.25) is 5.95 Å². The molecule has 3 rings (SSSR count). The Bertz CT molecular complexity index is 649. The number of hydrogen-bond donors (Lipinski definition) is 1. The van der Waals surface area contributed by atoms with Crippen molar-refractivity contribution < 1.29 is 4.79 Å². The molecule has 1 saturated heterocycles. The van der Waals surface area contributed by atoms with Crippen molar-refractivity contribution in [1.82, 2.24) is 15.3 Å². The molecule has 0 bridgehead atoms. The van der Waals surface area contributed by atoms with Gasteiger partial charge in [-0.3, -0.25) is 4.79 Å². The minimum absolute atomic E-state index is 0.101. The van der Waals surface area contributed by atoms with Gasteiger partial charge < -0.3 is 10.2 Å². The van der Waals surface area contributed by atoms with Crippen molar-refractivity contribution in [3.8, 4) is 0 Å². The summed E-state index contributed by atoms with van der Waals surface area (Å²) in [6.07, 6.45) is 10.1. The van der Waals surface area contributed by atoms with Crippen molar-refractivity contribution in [3.63, 3.8) is 0 Å². The monoisotopic (exact) mass is 338 g/mol. The van der Waals surface area contributed by atoms with E-state index in [1.54, 1.807) is 12.4 Å². The molecule has 1 aromatic heterocycles. The summed E-state index contributed by atoms with van der Waals surface area (Å²) in [5.41, 5.74) is 1.82. The van der Waals surface area contributed by atoms with Crippen LogP contribution in [-0.2, 0) is 6.42 Å². The van der Waals surface area contributed by atoms with E-state index in [0.717, 1.165) is 31.9 Å². The predicted octanol–water partition coefficient (Wildman–Crippen LogP) is 3.22. The van der Waals surface area contributed by atoms with Crippen LogP contribution < -0.4 is 10.2 Å². The Hall–Kier alpha value is -2.43. The zero-order valence-electron chi connectivity index (χ0n) is 14.7. The molecule has 1 N–H and O–H groups in total. The highest BCUT2D eigenvalue weighted by Gasteiger charge is 2.13. The number of benzene rings is 1. The molecule has 1 aliphatic rings. The number of carbonyl (C=O) groups is 1. The molecule has 0 saturated carbocycles. The Kier molecular flexibility index (Phi) is 6.37. The lowest BCUT2D eigenvalue weighted by molar-refractivity contribution is 0.0952. The van der Waals surface area contributed by atoms with E-state index in [9.17, 15) is 4.79 Å². The summed E-state index contributed by atoms with van der Waals surface area (Å²) < 4.78 is 0. The van der Waals surface area contributed by atoms with Crippen LogP contribution in [0.15, 0.2) is 42.7 Å². The van der Waals surface area contributed by atoms with Crippen LogP contribution in [0, 0.1) is 0 Å². The van der Waals surface area contributed by atoms with Crippen molar-refractivity contribution in [2.45, 2.75) is 38.5 Å². The third-order valence-corrected chi connectivity index (χ3v) is 4.56. The third-order valence-electron chi connectivity index (χ3n) is 4.56. The van der Waals surface area contributed by atoms with Gasteiger partial charge in [0.25, 0.3) is 5.91 Å². The molecule has 0 atom stereocenters. The number of carbonyl (C=O) groups excluding carboxylic acids is 1. The molecule has 0 radical (unpaired) electrons. The maximum Gasteiger partial charge on any atom is 0.254 e. The summed E-state index contributed by atoms with van der Waals surface area (Å²) >= 11 is 0. The van der Waals surface area contributed by atoms with Crippen molar-refractivity contribution in [2.75, 3.05) is 24.5 Å². The van der Waals surface area contributed by atoms with Gasteiger partial charge in [-0.25, -0.2) is 9.97 Å². The van der Waals surface area contributed by atoms with E-state index in [1.165, 1.54) is 31.2 Å². The normalized spacial score (nSPS) is 14.8. The van der Waals surface area contributed by atoms with Crippen LogP contribution >= 0.6 is 0 Å². The SMILES string of the molecule is O=C(NCCCc1ccccc1)c1cnc(N2CCCCCC2)nc1. The molecule has 132 valence electrons. The second kappa shape index (κ2) is 9.16. The number of amides is 1. The summed E-state index contributed by atoms with van der Waals surface area (Å²) in [6, 6.07) is 10.3. The zero-order valence-corrected chi connectivity index (χ0v) is 14.7. The van der Waals surface area contributed by atoms with Crippen molar-refractivity contribution in [2.24, 2.45) is 0 Å². The van der Waals surface area contributed by atoms with E-state index in [2.05, 4.69) is 32.3 Å². The van der Waals surface area contributed by atoms with E-state index in [-0.39, 0.29) is 5.91 Å². The summed E-state index contributed by atoms with van der Waals surface area (Å²) in [5.74, 6) is 0.637. The third kappa shape index (κ3) is 5.28. The van der Waals surface area contributed by atoms with E-state index in [1.807, 2.05) is 18.2 Å². The zero-order chi connectivity index (χ0) is 17.3. The van der Waals surface area contributed by atoms with Gasteiger partial charge in [0, 0.05) is 32.0 Å². The van der Waals surface area contributed by atoms with Crippen LogP contribution in [0.1, 0.15) is 48.0 Å². The van der Waals surface area contributed by atoms with Gasteiger partial charge in [0.1, 0.15) is 0 Å². The van der Waals surface area contributed by atoms with Gasteiger partial charge in [0.05, 0.1) is 5.56 Å². The minimum atomic E-state index is -0.101. The molecular weight excluding hydrogens is 312 g/mol. The van der Waals surface area contributed by atoms with Crippen molar-refractivity contribution in [3.05, 3.63) is 53.9 Å². The minimum Gasteiger partial charge on any atom is -0.352 e. The van der Waals surface area contributed by atoms with Crippen LogP contribution in [0.4, 0.5) is 5.95 Å². The summed E-state index contributed by atoms with van der Waals surface area (Å²) in [7, 11) is 0. The molecule has 1 aliphatic heterocycles. The number of anilines is 1. The molecule has 25 heavy (non-hydrogen) atoms. The van der Waals surface area contributed by atoms with Gasteiger partial charge in [-0.1, -0.05) is 43.2 Å². The van der Waals surface area contributed by atoms with Gasteiger partial charge in [-0.05, 0) is 31.2 Å². The molecular formula is C20H26N4O. The first-order valence-electron chi connectivity index (χ1n) is 9.22. The van der Waals surface area contributed by atoms with Crippen molar-refractivity contribution >= 4 is 11.9 Å². The highest BCUT2D eigenvalue weighted by molar-refractivity contribution is 5.93. The fraction of sp³-hybridized carbons (Fsp3) is 0.450. The van der Waals surface area contributed by atoms with Crippen molar-refractivity contribution in [1.29, 1.82) is 0 Å². The first-order chi connectivity index (χ1) is 12.3. The summed E-state index contributed by atoms with van der Waals surface area (Å²) in [6.45, 7) is 2.66. The lowest BCUT2D eigenvalue weighted by atomic mass is 10.1. The quantitative estimate of drug-likeness (QED) is 0.822. The Morgan fingerprint density at radius 2 is 1.68 bits per heavy atom. The molecule has 5 nitrogen and oxygen atoms in total. The second-order valence-electron chi connectivity index (χ2n) is 6.52. The molecule has 1 amide bonds. The Morgan fingerprint density at radius 1 is 1.00 bits per heavy atom. The molecule has 1 aromatic carbocycles. The Morgan fingerprint density at radius 3 is 2.36 bits per heavy atom. The fourth-order valence-corrected chi connectivity index (χ4v) is 3.11. The fourth-order valence-electron chi connectivity index (χ4n) is 3.11. The second-order valence-corrected chi connectivity index (χ2v) is 6.52. The van der Waals surface area contributed by atoms with Crippen LogP contribution in [0.5, 0.6) is 0 Å². The van der Waals surface area contributed by atoms with Crippen LogP contribution in [0.3, 0.4) is 0 Å². The van der Waals surface area contributed by atoms with E-state index in [0.29, 0.717) is 12.1 Å². The van der Waals surface area contributed by atoms with Gasteiger partial charge >= 0.3 is 0 Å². The van der Waals surface area contributed by atoms with E-state index >= 15 is 0 Å². The van der Waals surface area contributed by atoms with Crippen LogP contribution in [0.2, 0.25) is 0 Å². The molecule has 2 aromatic rings. The lowest BCUT2D eigenvalue weighted by Gasteiger charge is -2.19. The molecule has 1 fully saturated rings. The topological polar surface area (TPSA) is 58.1 Å². The van der Waals surface area contributed by atoms with E-state index < -0.39 is 0 Å². The Labute approximate surface area is 149 Å². The highest BCUT2D eigenvalue weighted by atomic mass is 16.1. The average Bonchev–Trinajstić information content (AvgIpc) is 2.95. The number of rotatable bonds is 6. The first kappa shape index (κ1) is 17.4. The number of nitrogens with zero attached hydrogens (tertiary/aromatic N) is 3. The highest BCUT2D eigenvalue weighted by Crippen LogP contribution is 2.15. The average molecular weight is 338 g/mol. The smallest absolute Gasteiger partial charge is 0.254 e. The van der Waals surface area contributed by atoms with Gasteiger partial charge in [0.15, 0.2) is 0 Å². The van der Waals surface area contributed by atoms with Crippen LogP contribution in [0.25, 0.3) is 0 Å². The molecule has 0 spiro atoms. The van der Waals surface area contributed by atoms with Gasteiger partial charge in [-0.15, -0.1) is 0 Å². The first-order valence-corrected chi connectivity index (χ1v) is 9.22. The van der Waals surface area contributed by atoms with Gasteiger partial charge in [-0.2, -0.15) is 0 Å². The predicted molar refractivity (Wildman–Crippen MR) is 99.8 cm³/mol. The number of hydrogen-bond acceptors (Lipinski definition) is 4. The lowest BCUT2D eigenvalue weighted by Crippen LogP contribution is -2.27. The largest absolute Gasteiger partial charge is 0.352 e.